The van der Waals surface area contributed by atoms with Crippen molar-refractivity contribution in [3.05, 3.63) is 59.7 Å². The first-order valence-corrected chi connectivity index (χ1v) is 10.9. The normalized spacial score (nSPS) is 16.2. The van der Waals surface area contributed by atoms with Crippen molar-refractivity contribution >= 4 is 10.0 Å². The minimum atomic E-state index is -3.08. The van der Waals surface area contributed by atoms with Gasteiger partial charge in [-0.3, -0.25) is 0 Å². The largest absolute Gasteiger partial charge is 0.493 e. The molecule has 1 aliphatic heterocycles. The van der Waals surface area contributed by atoms with Gasteiger partial charge < -0.3 is 14.4 Å². The Labute approximate surface area is 161 Å². The second-order valence-corrected chi connectivity index (χ2v) is 8.83. The van der Waals surface area contributed by atoms with Crippen molar-refractivity contribution in [2.45, 2.75) is 13.2 Å². The zero-order valence-corrected chi connectivity index (χ0v) is 16.7. The maximum atomic E-state index is 11.6. The molecule has 2 aromatic carbocycles. The molecule has 0 radical (unpaired) electrons. The molecule has 3 rings (SSSR count). The van der Waals surface area contributed by atoms with E-state index in [1.54, 1.807) is 11.4 Å². The predicted molar refractivity (Wildman–Crippen MR) is 105 cm³/mol. The fraction of sp³-hybridized carbons (Fsp3) is 0.400. The summed E-state index contributed by atoms with van der Waals surface area (Å²) in [4.78, 5) is 1.37. The van der Waals surface area contributed by atoms with Gasteiger partial charge in [-0.05, 0) is 23.8 Å². The molecule has 7 heteroatoms. The monoisotopic (exact) mass is 391 g/mol. The van der Waals surface area contributed by atoms with Crippen molar-refractivity contribution < 1.29 is 22.8 Å². The van der Waals surface area contributed by atoms with Crippen LogP contribution in [0.2, 0.25) is 0 Å². The topological polar surface area (TPSA) is 60.3 Å². The van der Waals surface area contributed by atoms with Gasteiger partial charge in [0.1, 0.15) is 13.2 Å². The molecule has 6 nitrogen and oxygen atoms in total. The van der Waals surface area contributed by atoms with Crippen LogP contribution in [0.3, 0.4) is 0 Å². The van der Waals surface area contributed by atoms with E-state index in [2.05, 4.69) is 6.07 Å². The van der Waals surface area contributed by atoms with Gasteiger partial charge in [0.25, 0.3) is 0 Å². The minimum absolute atomic E-state index is 0.495. The maximum absolute atomic E-state index is 11.6. The van der Waals surface area contributed by atoms with E-state index < -0.39 is 10.0 Å². The van der Waals surface area contributed by atoms with Crippen molar-refractivity contribution in [2.24, 2.45) is 0 Å². The molecule has 2 aromatic rings. The third kappa shape index (κ3) is 5.45. The van der Waals surface area contributed by atoms with Crippen molar-refractivity contribution in [2.75, 3.05) is 39.5 Å². The second-order valence-electron chi connectivity index (χ2n) is 6.85. The molecular weight excluding hydrogens is 364 g/mol. The highest BCUT2D eigenvalue weighted by Crippen LogP contribution is 2.28. The van der Waals surface area contributed by atoms with Crippen molar-refractivity contribution in [1.29, 1.82) is 0 Å². The summed E-state index contributed by atoms with van der Waals surface area (Å²) in [5.41, 5.74) is 2.26. The van der Waals surface area contributed by atoms with Crippen molar-refractivity contribution in [3.63, 3.8) is 0 Å². The fourth-order valence-corrected chi connectivity index (χ4v) is 4.12. The first kappa shape index (κ1) is 19.7. The number of quaternary nitrogens is 1. The van der Waals surface area contributed by atoms with Crippen LogP contribution < -0.4 is 14.4 Å². The van der Waals surface area contributed by atoms with E-state index in [0.29, 0.717) is 19.7 Å². The van der Waals surface area contributed by atoms with Crippen LogP contribution in [0.5, 0.6) is 11.5 Å². The lowest BCUT2D eigenvalue weighted by Crippen LogP contribution is -3.13. The third-order valence-corrected chi connectivity index (χ3v) is 6.12. The number of methoxy groups -OCH3 is 1. The predicted octanol–water partition coefficient (Wildman–Crippen LogP) is 0.934. The number of sulfonamides is 1. The molecule has 0 aromatic heterocycles. The highest BCUT2D eigenvalue weighted by atomic mass is 32.2. The van der Waals surface area contributed by atoms with Gasteiger partial charge >= 0.3 is 0 Å². The standard InChI is InChI=1S/C20H26N2O4S/c1-25-20-14-18(15-21-10-12-22(13-11-21)27(2,23)24)8-9-19(20)26-16-17-6-4-3-5-7-17/h3-9,14H,10-13,15-16H2,1-2H3/p+1. The number of piperazine rings is 1. The summed E-state index contributed by atoms with van der Waals surface area (Å²) in [6.07, 6.45) is 1.27. The van der Waals surface area contributed by atoms with Crippen molar-refractivity contribution in [3.8, 4) is 11.5 Å². The Morgan fingerprint density at radius 3 is 2.33 bits per heavy atom. The van der Waals surface area contributed by atoms with Crippen LogP contribution in [0.25, 0.3) is 0 Å². The van der Waals surface area contributed by atoms with Gasteiger partial charge in [-0.1, -0.05) is 30.3 Å². The highest BCUT2D eigenvalue weighted by molar-refractivity contribution is 7.88. The number of hydrogen-bond donors (Lipinski definition) is 1. The Kier molecular flexibility index (Phi) is 6.36. The van der Waals surface area contributed by atoms with Crippen molar-refractivity contribution in [1.82, 2.24) is 4.31 Å². The van der Waals surface area contributed by atoms with Crippen LogP contribution >= 0.6 is 0 Å². The molecule has 1 heterocycles. The molecule has 0 saturated carbocycles. The fourth-order valence-electron chi connectivity index (χ4n) is 3.28. The van der Waals surface area contributed by atoms with Gasteiger partial charge in [-0.2, -0.15) is 4.31 Å². The molecular formula is C20H27N2O4S+. The minimum Gasteiger partial charge on any atom is -0.493 e. The quantitative estimate of drug-likeness (QED) is 0.763. The molecule has 0 aliphatic carbocycles. The van der Waals surface area contributed by atoms with E-state index in [1.165, 1.54) is 11.2 Å². The van der Waals surface area contributed by atoms with E-state index in [0.717, 1.165) is 42.3 Å². The number of nitrogens with one attached hydrogen (secondary N) is 1. The zero-order valence-electron chi connectivity index (χ0n) is 15.8. The van der Waals surface area contributed by atoms with E-state index in [4.69, 9.17) is 9.47 Å². The number of benzene rings is 2. The molecule has 1 saturated heterocycles. The van der Waals surface area contributed by atoms with Gasteiger partial charge in [0.15, 0.2) is 11.5 Å². The molecule has 0 atom stereocenters. The molecule has 0 spiro atoms. The van der Waals surface area contributed by atoms with Gasteiger partial charge in [-0.15, -0.1) is 0 Å². The van der Waals surface area contributed by atoms with Gasteiger partial charge in [0.05, 0.1) is 39.5 Å². The van der Waals surface area contributed by atoms with E-state index >= 15 is 0 Å². The summed E-state index contributed by atoms with van der Waals surface area (Å²) in [6.45, 7) is 4.10. The van der Waals surface area contributed by atoms with Crippen LogP contribution in [-0.2, 0) is 23.2 Å². The summed E-state index contributed by atoms with van der Waals surface area (Å²) in [5, 5.41) is 0. The summed E-state index contributed by atoms with van der Waals surface area (Å²) >= 11 is 0. The Morgan fingerprint density at radius 2 is 1.70 bits per heavy atom. The highest BCUT2D eigenvalue weighted by Gasteiger charge is 2.26. The SMILES string of the molecule is COc1cc(C[NH+]2CCN(S(C)(=O)=O)CC2)ccc1OCc1ccccc1. The lowest BCUT2D eigenvalue weighted by Gasteiger charge is -2.30. The molecule has 1 fully saturated rings. The summed E-state index contributed by atoms with van der Waals surface area (Å²) in [6, 6.07) is 16.0. The number of nitrogens with zero attached hydrogens (tertiary/aromatic N) is 1. The van der Waals surface area contributed by atoms with Gasteiger partial charge in [-0.25, -0.2) is 8.42 Å². The summed E-state index contributed by atoms with van der Waals surface area (Å²) < 4.78 is 36.2. The molecule has 0 unspecified atom stereocenters. The lowest BCUT2D eigenvalue weighted by atomic mass is 10.1. The van der Waals surface area contributed by atoms with Crippen LogP contribution in [0.1, 0.15) is 11.1 Å². The Bertz CT molecular complexity index is 848. The molecule has 1 aliphatic rings. The van der Waals surface area contributed by atoms with Crippen LogP contribution in [0, 0.1) is 0 Å². The molecule has 0 amide bonds. The Morgan fingerprint density at radius 1 is 1.00 bits per heavy atom. The third-order valence-electron chi connectivity index (χ3n) is 4.82. The first-order valence-electron chi connectivity index (χ1n) is 9.08. The summed E-state index contributed by atoms with van der Waals surface area (Å²) in [7, 11) is -1.44. The molecule has 27 heavy (non-hydrogen) atoms. The Hall–Kier alpha value is -2.09. The van der Waals surface area contributed by atoms with Crippen LogP contribution in [0.4, 0.5) is 0 Å². The van der Waals surface area contributed by atoms with Crippen LogP contribution in [-0.4, -0.2) is 52.3 Å². The maximum Gasteiger partial charge on any atom is 0.211 e. The molecule has 1 N–H and O–H groups in total. The first-order chi connectivity index (χ1) is 13.0. The zero-order chi connectivity index (χ0) is 19.3. The number of hydrogen-bond acceptors (Lipinski definition) is 4. The number of ether oxygens (including phenoxy) is 2. The number of rotatable bonds is 7. The van der Waals surface area contributed by atoms with E-state index in [9.17, 15) is 8.42 Å². The average Bonchev–Trinajstić information content (AvgIpc) is 2.67. The smallest absolute Gasteiger partial charge is 0.211 e. The van der Waals surface area contributed by atoms with Gasteiger partial charge in [0, 0.05) is 5.56 Å². The summed E-state index contributed by atoms with van der Waals surface area (Å²) in [5.74, 6) is 1.44. The van der Waals surface area contributed by atoms with E-state index in [-0.39, 0.29) is 0 Å². The molecule has 146 valence electrons. The molecule has 0 bridgehead atoms. The second kappa shape index (κ2) is 8.73. The van der Waals surface area contributed by atoms with Gasteiger partial charge in [0.2, 0.25) is 10.0 Å². The lowest BCUT2D eigenvalue weighted by molar-refractivity contribution is -0.917. The van der Waals surface area contributed by atoms with Crippen LogP contribution in [0.15, 0.2) is 48.5 Å². The Balaban J connectivity index is 1.59. The van der Waals surface area contributed by atoms with E-state index in [1.807, 2.05) is 42.5 Å². The average molecular weight is 392 g/mol.